The van der Waals surface area contributed by atoms with Crippen molar-refractivity contribution in [1.29, 1.82) is 0 Å². The Labute approximate surface area is 158 Å². The summed E-state index contributed by atoms with van der Waals surface area (Å²) in [7, 11) is 0. The number of amides is 1. The molecule has 0 bridgehead atoms. The third-order valence-electron chi connectivity index (χ3n) is 4.95. The summed E-state index contributed by atoms with van der Waals surface area (Å²) < 4.78 is 5.38. The number of aromatic amines is 1. The lowest BCUT2D eigenvalue weighted by Crippen LogP contribution is -2.36. The molecule has 3 heterocycles. The summed E-state index contributed by atoms with van der Waals surface area (Å²) >= 11 is 0. The second-order valence-corrected chi connectivity index (χ2v) is 6.80. The highest BCUT2D eigenvalue weighted by Crippen LogP contribution is 2.37. The standard InChI is InChI=1S/C21H22N4O2/c1-14-5-6-18-20(16(14)4-3-7-25-8-10-27-11-9-25)17(21(26)24-18)12-19-15(2)22-13-23-19/h5-6,12-13H,7-11H2,1-2H3,(H,22,23)(H,24,26)/b17-12-. The number of carbonyl (C=O) groups excluding carboxylic acids is 1. The Hall–Kier alpha value is -2.88. The number of hydrogen-bond donors (Lipinski definition) is 2. The van der Waals surface area contributed by atoms with Gasteiger partial charge >= 0.3 is 0 Å². The van der Waals surface area contributed by atoms with Crippen LogP contribution in [0.25, 0.3) is 11.6 Å². The minimum Gasteiger partial charge on any atom is -0.379 e. The van der Waals surface area contributed by atoms with E-state index >= 15 is 0 Å². The van der Waals surface area contributed by atoms with Crippen LogP contribution < -0.4 is 5.32 Å². The topological polar surface area (TPSA) is 70.2 Å². The number of nitrogens with zero attached hydrogens (tertiary/aromatic N) is 2. The van der Waals surface area contributed by atoms with Gasteiger partial charge in [-0.3, -0.25) is 9.69 Å². The lowest BCUT2D eigenvalue weighted by molar-refractivity contribution is -0.110. The number of carbonyl (C=O) groups is 1. The zero-order valence-electron chi connectivity index (χ0n) is 15.6. The number of imidazole rings is 1. The summed E-state index contributed by atoms with van der Waals surface area (Å²) in [6.07, 6.45) is 3.47. The Morgan fingerprint density at radius 2 is 2.11 bits per heavy atom. The van der Waals surface area contributed by atoms with Crippen LogP contribution in [-0.4, -0.2) is 53.6 Å². The normalized spacial score (nSPS) is 18.1. The summed E-state index contributed by atoms with van der Waals surface area (Å²) in [4.78, 5) is 22.2. The van der Waals surface area contributed by atoms with E-state index < -0.39 is 0 Å². The van der Waals surface area contributed by atoms with Crippen molar-refractivity contribution < 1.29 is 9.53 Å². The third kappa shape index (κ3) is 3.52. The van der Waals surface area contributed by atoms with E-state index in [1.807, 2.05) is 32.1 Å². The van der Waals surface area contributed by atoms with Gasteiger partial charge in [0.2, 0.25) is 0 Å². The molecule has 2 aliphatic heterocycles. The van der Waals surface area contributed by atoms with Crippen molar-refractivity contribution >= 4 is 23.2 Å². The second kappa shape index (κ2) is 7.39. The highest BCUT2D eigenvalue weighted by Gasteiger charge is 2.27. The quantitative estimate of drug-likeness (QED) is 0.635. The first kappa shape index (κ1) is 17.5. The molecule has 0 saturated carbocycles. The van der Waals surface area contributed by atoms with Gasteiger partial charge in [-0.15, -0.1) is 0 Å². The van der Waals surface area contributed by atoms with E-state index in [1.165, 1.54) is 0 Å². The smallest absolute Gasteiger partial charge is 0.256 e. The number of fused-ring (bicyclic) bond motifs is 1. The van der Waals surface area contributed by atoms with Crippen molar-refractivity contribution in [3.63, 3.8) is 0 Å². The SMILES string of the molecule is Cc1ccc2c(c1C#CCN1CCOCC1)/C(=C/c1nc[nH]c1C)C(=O)N2. The average Bonchev–Trinajstić information content (AvgIpc) is 3.22. The van der Waals surface area contributed by atoms with E-state index in [-0.39, 0.29) is 5.91 Å². The Morgan fingerprint density at radius 1 is 1.30 bits per heavy atom. The number of benzene rings is 1. The number of aromatic nitrogens is 2. The Morgan fingerprint density at radius 3 is 2.85 bits per heavy atom. The largest absolute Gasteiger partial charge is 0.379 e. The van der Waals surface area contributed by atoms with Crippen molar-refractivity contribution in [1.82, 2.24) is 14.9 Å². The van der Waals surface area contributed by atoms with Crippen LogP contribution in [0.3, 0.4) is 0 Å². The molecule has 1 saturated heterocycles. The van der Waals surface area contributed by atoms with Gasteiger partial charge in [0.1, 0.15) is 0 Å². The van der Waals surface area contributed by atoms with Crippen molar-refractivity contribution in [3.8, 4) is 11.8 Å². The summed E-state index contributed by atoms with van der Waals surface area (Å²) in [5, 5.41) is 2.95. The third-order valence-corrected chi connectivity index (χ3v) is 4.95. The molecule has 1 amide bonds. The van der Waals surface area contributed by atoms with Gasteiger partial charge in [-0.05, 0) is 31.6 Å². The van der Waals surface area contributed by atoms with E-state index in [1.54, 1.807) is 6.33 Å². The second-order valence-electron chi connectivity index (χ2n) is 6.80. The van der Waals surface area contributed by atoms with Gasteiger partial charge in [0.05, 0.1) is 43.0 Å². The number of anilines is 1. The van der Waals surface area contributed by atoms with Crippen molar-refractivity contribution in [3.05, 3.63) is 46.5 Å². The van der Waals surface area contributed by atoms with E-state index in [9.17, 15) is 4.79 Å². The van der Waals surface area contributed by atoms with Crippen LogP contribution in [-0.2, 0) is 9.53 Å². The van der Waals surface area contributed by atoms with E-state index in [0.717, 1.165) is 60.1 Å². The van der Waals surface area contributed by atoms with Crippen LogP contribution in [0, 0.1) is 25.7 Å². The molecule has 2 aliphatic rings. The molecule has 0 radical (unpaired) electrons. The van der Waals surface area contributed by atoms with E-state index in [0.29, 0.717) is 12.1 Å². The molecule has 0 atom stereocenters. The van der Waals surface area contributed by atoms with Crippen LogP contribution in [0.2, 0.25) is 0 Å². The van der Waals surface area contributed by atoms with Gasteiger partial charge in [0, 0.05) is 29.9 Å². The molecule has 6 heteroatoms. The first-order valence-electron chi connectivity index (χ1n) is 9.09. The molecule has 0 unspecified atom stereocenters. The fourth-order valence-corrected chi connectivity index (χ4v) is 3.34. The molecular weight excluding hydrogens is 340 g/mol. The van der Waals surface area contributed by atoms with Gasteiger partial charge in [-0.25, -0.2) is 4.98 Å². The first-order valence-corrected chi connectivity index (χ1v) is 9.09. The van der Waals surface area contributed by atoms with Gasteiger partial charge in [-0.2, -0.15) is 0 Å². The number of H-pyrrole nitrogens is 1. The molecule has 1 aromatic heterocycles. The van der Waals surface area contributed by atoms with E-state index in [2.05, 4.69) is 32.0 Å². The van der Waals surface area contributed by atoms with Gasteiger partial charge in [0.15, 0.2) is 0 Å². The minimum atomic E-state index is -0.116. The number of ether oxygens (including phenoxy) is 1. The monoisotopic (exact) mass is 362 g/mol. The molecule has 1 aromatic carbocycles. The summed E-state index contributed by atoms with van der Waals surface area (Å²) in [6.45, 7) is 8.00. The molecule has 2 N–H and O–H groups in total. The predicted octanol–water partition coefficient (Wildman–Crippen LogP) is 2.20. The van der Waals surface area contributed by atoms with Crippen LogP contribution in [0.5, 0.6) is 0 Å². The highest BCUT2D eigenvalue weighted by molar-refractivity contribution is 6.35. The van der Waals surface area contributed by atoms with Crippen molar-refractivity contribution in [2.24, 2.45) is 0 Å². The lowest BCUT2D eigenvalue weighted by Gasteiger charge is -2.24. The van der Waals surface area contributed by atoms with Crippen LogP contribution in [0.1, 0.15) is 28.1 Å². The average molecular weight is 362 g/mol. The molecule has 0 aliphatic carbocycles. The zero-order valence-corrected chi connectivity index (χ0v) is 15.6. The molecule has 4 rings (SSSR count). The molecule has 2 aromatic rings. The van der Waals surface area contributed by atoms with Crippen LogP contribution in [0.15, 0.2) is 18.5 Å². The lowest BCUT2D eigenvalue weighted by atomic mass is 9.96. The summed E-state index contributed by atoms with van der Waals surface area (Å²) in [5.74, 6) is 6.48. The predicted molar refractivity (Wildman–Crippen MR) is 105 cm³/mol. The van der Waals surface area contributed by atoms with Crippen molar-refractivity contribution in [2.75, 3.05) is 38.2 Å². The Kier molecular flexibility index (Phi) is 4.80. The van der Waals surface area contributed by atoms with Crippen molar-refractivity contribution in [2.45, 2.75) is 13.8 Å². The maximum Gasteiger partial charge on any atom is 0.256 e. The molecule has 138 valence electrons. The number of rotatable bonds is 2. The number of nitrogens with one attached hydrogen (secondary N) is 2. The zero-order chi connectivity index (χ0) is 18.8. The molecule has 6 nitrogen and oxygen atoms in total. The molecule has 27 heavy (non-hydrogen) atoms. The van der Waals surface area contributed by atoms with E-state index in [4.69, 9.17) is 4.74 Å². The summed E-state index contributed by atoms with van der Waals surface area (Å²) in [5.41, 5.74) is 5.94. The summed E-state index contributed by atoms with van der Waals surface area (Å²) in [6, 6.07) is 3.94. The number of aryl methyl sites for hydroxylation is 2. The minimum absolute atomic E-state index is 0.116. The number of hydrogen-bond acceptors (Lipinski definition) is 4. The van der Waals surface area contributed by atoms with Gasteiger partial charge in [-0.1, -0.05) is 17.9 Å². The van der Waals surface area contributed by atoms with Gasteiger partial charge in [0.25, 0.3) is 5.91 Å². The van der Waals surface area contributed by atoms with Gasteiger partial charge < -0.3 is 15.0 Å². The molecule has 1 fully saturated rings. The maximum absolute atomic E-state index is 12.6. The maximum atomic E-state index is 12.6. The first-order chi connectivity index (χ1) is 13.1. The van der Waals surface area contributed by atoms with Crippen LogP contribution >= 0.6 is 0 Å². The molecular formula is C21H22N4O2. The van der Waals surface area contributed by atoms with Crippen LogP contribution in [0.4, 0.5) is 5.69 Å². The number of morpholine rings is 1. The molecule has 0 spiro atoms. The Balaban J connectivity index is 1.70. The fraction of sp³-hybridized carbons (Fsp3) is 0.333. The highest BCUT2D eigenvalue weighted by atomic mass is 16.5. The Bertz CT molecular complexity index is 972. The fourth-order valence-electron chi connectivity index (χ4n) is 3.34.